The van der Waals surface area contributed by atoms with Gasteiger partial charge >= 0.3 is 6.18 Å². The predicted octanol–water partition coefficient (Wildman–Crippen LogP) is 6.44. The highest BCUT2D eigenvalue weighted by molar-refractivity contribution is 6.33. The number of rotatable bonds is 9. The van der Waals surface area contributed by atoms with E-state index in [1.807, 2.05) is 35.0 Å². The summed E-state index contributed by atoms with van der Waals surface area (Å²) in [6.07, 6.45) is -3.40. The van der Waals surface area contributed by atoms with Crippen LogP contribution in [0.1, 0.15) is 54.2 Å². The number of halogens is 4. The van der Waals surface area contributed by atoms with Crippen molar-refractivity contribution < 1.29 is 28.2 Å². The zero-order valence-corrected chi connectivity index (χ0v) is 22.2. The van der Waals surface area contributed by atoms with Crippen LogP contribution in [-0.4, -0.2) is 38.7 Å². The lowest BCUT2D eigenvalue weighted by Crippen LogP contribution is -2.27. The summed E-state index contributed by atoms with van der Waals surface area (Å²) in [5.74, 6) is 0.0361. The number of aromatic nitrogens is 2. The highest BCUT2D eigenvalue weighted by atomic mass is 35.5. The maximum atomic E-state index is 13.1. The molecule has 1 atom stereocenters. The molecule has 10 heteroatoms. The molecule has 0 spiro atoms. The number of alkyl halides is 3. The van der Waals surface area contributed by atoms with Crippen LogP contribution >= 0.6 is 11.6 Å². The number of benzene rings is 3. The van der Waals surface area contributed by atoms with Crippen molar-refractivity contribution in [2.24, 2.45) is 5.92 Å². The molecule has 4 rings (SSSR count). The van der Waals surface area contributed by atoms with Crippen LogP contribution in [0.2, 0.25) is 5.02 Å². The molecular formula is C29H29ClF3N3O3. The van der Waals surface area contributed by atoms with Gasteiger partial charge in [-0.25, -0.2) is 0 Å². The number of hydrogen-bond donors (Lipinski definition) is 3. The molecule has 0 saturated carbocycles. The zero-order chi connectivity index (χ0) is 28.3. The van der Waals surface area contributed by atoms with Crippen LogP contribution in [0.15, 0.2) is 66.9 Å². The van der Waals surface area contributed by atoms with Gasteiger partial charge < -0.3 is 15.5 Å². The molecule has 3 aromatic carbocycles. The molecular weight excluding hydrogens is 531 g/mol. The van der Waals surface area contributed by atoms with Gasteiger partial charge in [-0.15, -0.1) is 0 Å². The van der Waals surface area contributed by atoms with E-state index in [1.54, 1.807) is 18.3 Å². The molecule has 206 valence electrons. The zero-order valence-electron chi connectivity index (χ0n) is 21.4. The molecule has 0 aliphatic heterocycles. The van der Waals surface area contributed by atoms with E-state index in [1.165, 1.54) is 6.07 Å². The van der Waals surface area contributed by atoms with E-state index in [0.29, 0.717) is 22.6 Å². The summed E-state index contributed by atoms with van der Waals surface area (Å²) in [7, 11) is 0. The van der Waals surface area contributed by atoms with Gasteiger partial charge in [0.05, 0.1) is 23.3 Å². The lowest BCUT2D eigenvalue weighted by atomic mass is 9.95. The van der Waals surface area contributed by atoms with Crippen LogP contribution in [0.3, 0.4) is 0 Å². The normalized spacial score (nSPS) is 12.9. The van der Waals surface area contributed by atoms with Gasteiger partial charge in [0.25, 0.3) is 5.91 Å². The Morgan fingerprint density at radius 3 is 2.38 bits per heavy atom. The number of nitrogens with zero attached hydrogens (tertiary/aromatic N) is 2. The van der Waals surface area contributed by atoms with Gasteiger partial charge in [-0.2, -0.15) is 18.3 Å². The largest absolute Gasteiger partial charge is 0.416 e. The van der Waals surface area contributed by atoms with Crippen molar-refractivity contribution in [3.8, 4) is 11.1 Å². The number of nitrogens with one attached hydrogen (secondary N) is 1. The fourth-order valence-corrected chi connectivity index (χ4v) is 4.78. The van der Waals surface area contributed by atoms with E-state index in [9.17, 15) is 18.0 Å². The van der Waals surface area contributed by atoms with Gasteiger partial charge in [-0.1, -0.05) is 49.7 Å². The molecule has 0 aliphatic rings. The average molecular weight is 560 g/mol. The molecule has 1 aromatic heterocycles. The minimum atomic E-state index is -4.47. The Morgan fingerprint density at radius 1 is 1.05 bits per heavy atom. The van der Waals surface area contributed by atoms with E-state index in [4.69, 9.17) is 21.8 Å². The van der Waals surface area contributed by atoms with Crippen molar-refractivity contribution in [3.63, 3.8) is 0 Å². The maximum absolute atomic E-state index is 13.1. The minimum absolute atomic E-state index is 0.0194. The Balaban J connectivity index is 1.62. The number of aliphatic hydroxyl groups is 2. The SMILES string of the molecule is CC(C)C[C@@H](c1ccc(C(=O)NCCC(O)O)cc1)n1ncc2cc(-c3ccc(C(F)(F)F)cc3Cl)ccc21. The highest BCUT2D eigenvalue weighted by Gasteiger charge is 2.31. The third-order valence-corrected chi connectivity index (χ3v) is 6.75. The molecule has 0 saturated heterocycles. The summed E-state index contributed by atoms with van der Waals surface area (Å²) in [5.41, 5.74) is 2.67. The summed E-state index contributed by atoms with van der Waals surface area (Å²) in [6.45, 7) is 4.37. The molecule has 0 aliphatic carbocycles. The first-order chi connectivity index (χ1) is 18.4. The third kappa shape index (κ3) is 6.79. The van der Waals surface area contributed by atoms with Crippen LogP contribution < -0.4 is 5.32 Å². The first kappa shape index (κ1) is 28.6. The summed E-state index contributed by atoms with van der Waals surface area (Å²) in [5, 5.41) is 26.0. The lowest BCUT2D eigenvalue weighted by molar-refractivity contribution is -0.137. The molecule has 4 aromatic rings. The Bertz CT molecular complexity index is 1450. The number of amides is 1. The van der Waals surface area contributed by atoms with Crippen molar-refractivity contribution >= 4 is 28.4 Å². The van der Waals surface area contributed by atoms with E-state index in [2.05, 4.69) is 24.3 Å². The Labute approximate surface area is 229 Å². The molecule has 0 fully saturated rings. The van der Waals surface area contributed by atoms with Crippen molar-refractivity contribution in [2.45, 2.75) is 45.2 Å². The van der Waals surface area contributed by atoms with Gasteiger partial charge in [0, 0.05) is 34.5 Å². The van der Waals surface area contributed by atoms with Gasteiger partial charge in [-0.05, 0) is 59.9 Å². The molecule has 0 bridgehead atoms. The summed E-state index contributed by atoms with van der Waals surface area (Å²) >= 11 is 6.22. The number of carbonyl (C=O) groups excluding carboxylic acids is 1. The van der Waals surface area contributed by atoms with E-state index < -0.39 is 18.0 Å². The average Bonchev–Trinajstić information content (AvgIpc) is 3.29. The Kier molecular flexibility index (Phi) is 8.64. The van der Waals surface area contributed by atoms with Crippen molar-refractivity contribution in [3.05, 3.63) is 88.6 Å². The molecule has 1 heterocycles. The number of fused-ring (bicyclic) bond motifs is 1. The lowest BCUT2D eigenvalue weighted by Gasteiger charge is -2.22. The first-order valence-electron chi connectivity index (χ1n) is 12.5. The molecule has 3 N–H and O–H groups in total. The molecule has 0 unspecified atom stereocenters. The number of aliphatic hydroxyl groups excluding tert-OH is 1. The standard InChI is InChI=1S/C29H29ClF3N3O3/c1-17(2)13-26(18-3-5-19(6-4-18)28(39)34-12-11-27(37)38)36-25-10-7-20(14-21(25)16-35-36)23-9-8-22(15-24(23)30)29(31,32)33/h3-10,14-17,26-27,37-38H,11-13H2,1-2H3,(H,34,39)/t26-/m0/s1. The Morgan fingerprint density at radius 2 is 1.77 bits per heavy atom. The van der Waals surface area contributed by atoms with Crippen LogP contribution in [0.5, 0.6) is 0 Å². The first-order valence-corrected chi connectivity index (χ1v) is 12.9. The molecule has 6 nitrogen and oxygen atoms in total. The quantitative estimate of drug-likeness (QED) is 0.206. The second kappa shape index (κ2) is 11.8. The van der Waals surface area contributed by atoms with Gasteiger partial charge in [-0.3, -0.25) is 9.48 Å². The minimum Gasteiger partial charge on any atom is -0.368 e. The second-order valence-corrected chi connectivity index (χ2v) is 10.3. The topological polar surface area (TPSA) is 87.4 Å². The fourth-order valence-electron chi connectivity index (χ4n) is 4.49. The van der Waals surface area contributed by atoms with E-state index >= 15 is 0 Å². The monoisotopic (exact) mass is 559 g/mol. The van der Waals surface area contributed by atoms with Crippen molar-refractivity contribution in [1.29, 1.82) is 0 Å². The third-order valence-electron chi connectivity index (χ3n) is 6.44. The predicted molar refractivity (Wildman–Crippen MR) is 144 cm³/mol. The smallest absolute Gasteiger partial charge is 0.368 e. The van der Waals surface area contributed by atoms with Gasteiger partial charge in [0.2, 0.25) is 0 Å². The highest BCUT2D eigenvalue weighted by Crippen LogP contribution is 2.37. The fraction of sp³-hybridized carbons (Fsp3) is 0.310. The van der Waals surface area contributed by atoms with Crippen LogP contribution in [0.25, 0.3) is 22.0 Å². The van der Waals surface area contributed by atoms with Crippen LogP contribution in [0.4, 0.5) is 13.2 Å². The molecule has 1 amide bonds. The molecule has 39 heavy (non-hydrogen) atoms. The van der Waals surface area contributed by atoms with E-state index in [-0.39, 0.29) is 29.9 Å². The summed E-state index contributed by atoms with van der Waals surface area (Å²) < 4.78 is 41.1. The summed E-state index contributed by atoms with van der Waals surface area (Å²) in [4.78, 5) is 12.4. The summed E-state index contributed by atoms with van der Waals surface area (Å²) in [6, 6.07) is 16.0. The van der Waals surface area contributed by atoms with Crippen LogP contribution in [-0.2, 0) is 6.18 Å². The van der Waals surface area contributed by atoms with Gasteiger partial charge in [0.15, 0.2) is 6.29 Å². The van der Waals surface area contributed by atoms with Crippen LogP contribution in [0, 0.1) is 5.92 Å². The van der Waals surface area contributed by atoms with Crippen molar-refractivity contribution in [1.82, 2.24) is 15.1 Å². The Hall–Kier alpha value is -3.40. The van der Waals surface area contributed by atoms with Gasteiger partial charge in [0.1, 0.15) is 0 Å². The maximum Gasteiger partial charge on any atom is 0.416 e. The van der Waals surface area contributed by atoms with Crippen molar-refractivity contribution in [2.75, 3.05) is 6.54 Å². The number of hydrogen-bond acceptors (Lipinski definition) is 4. The molecule has 0 radical (unpaired) electrons. The van der Waals surface area contributed by atoms with E-state index in [0.717, 1.165) is 35.0 Å². The second-order valence-electron chi connectivity index (χ2n) is 9.85. The number of carbonyl (C=O) groups is 1.